The Kier molecular flexibility index (Phi) is 11.4. The van der Waals surface area contributed by atoms with Gasteiger partial charge >= 0.3 is 0 Å². The minimum atomic E-state index is 0.826. The molecule has 0 amide bonds. The summed E-state index contributed by atoms with van der Waals surface area (Å²) >= 11 is 0. The van der Waals surface area contributed by atoms with Crippen molar-refractivity contribution >= 4 is 0 Å². The maximum Gasteiger partial charge on any atom is 0.00696 e. The van der Waals surface area contributed by atoms with Crippen LogP contribution in [0.4, 0.5) is 0 Å². The third-order valence-corrected chi connectivity index (χ3v) is 4.93. The van der Waals surface area contributed by atoms with Gasteiger partial charge in [-0.25, -0.2) is 0 Å². The summed E-state index contributed by atoms with van der Waals surface area (Å²) in [6, 6.07) is 0.826. The number of rotatable bonds is 11. The Bertz CT molecular complexity index is 202. The molecule has 20 heavy (non-hydrogen) atoms. The minimum absolute atomic E-state index is 0.826. The molecular formula is C19H39N. The summed E-state index contributed by atoms with van der Waals surface area (Å²) in [5.41, 5.74) is 0. The van der Waals surface area contributed by atoms with Crippen LogP contribution in [0.1, 0.15) is 104 Å². The van der Waals surface area contributed by atoms with Gasteiger partial charge in [-0.1, -0.05) is 84.5 Å². The molecule has 1 aliphatic rings. The van der Waals surface area contributed by atoms with Gasteiger partial charge in [0.25, 0.3) is 0 Å². The lowest BCUT2D eigenvalue weighted by Crippen LogP contribution is -2.30. The number of nitrogens with one attached hydrogen (secondary N) is 1. The molecule has 1 N–H and O–H groups in total. The highest BCUT2D eigenvalue weighted by atomic mass is 14.9. The summed E-state index contributed by atoms with van der Waals surface area (Å²) < 4.78 is 0. The van der Waals surface area contributed by atoms with Crippen LogP contribution >= 0.6 is 0 Å². The largest absolute Gasteiger partial charge is 0.314 e. The standard InChI is InChI=1S/C19H39N/c1-3-5-6-7-8-9-10-13-18-14-11-12-15-19(17-18)20-16-4-2/h18-20H,3-17H2,1-2H3. The second kappa shape index (κ2) is 12.7. The summed E-state index contributed by atoms with van der Waals surface area (Å²) in [6.07, 6.45) is 20.3. The first-order valence-electron chi connectivity index (χ1n) is 9.60. The average Bonchev–Trinajstić information content (AvgIpc) is 2.69. The second-order valence-corrected chi connectivity index (χ2v) is 6.95. The van der Waals surface area contributed by atoms with Crippen molar-refractivity contribution in [3.63, 3.8) is 0 Å². The van der Waals surface area contributed by atoms with Crippen LogP contribution in [0.15, 0.2) is 0 Å². The molecule has 1 heteroatoms. The Morgan fingerprint density at radius 2 is 1.50 bits per heavy atom. The fourth-order valence-electron chi connectivity index (χ4n) is 3.65. The Balaban J connectivity index is 2.05. The second-order valence-electron chi connectivity index (χ2n) is 6.95. The van der Waals surface area contributed by atoms with Gasteiger partial charge in [-0.05, 0) is 31.7 Å². The van der Waals surface area contributed by atoms with Crippen molar-refractivity contribution in [1.82, 2.24) is 5.32 Å². The van der Waals surface area contributed by atoms with Gasteiger partial charge in [-0.3, -0.25) is 0 Å². The molecule has 2 atom stereocenters. The lowest BCUT2D eigenvalue weighted by molar-refractivity contribution is 0.356. The molecule has 0 aromatic rings. The SMILES string of the molecule is CCCCCCCCCC1CCCCC(NCCC)C1. The van der Waals surface area contributed by atoms with Crippen molar-refractivity contribution in [3.05, 3.63) is 0 Å². The molecule has 0 heterocycles. The van der Waals surface area contributed by atoms with E-state index in [4.69, 9.17) is 0 Å². The molecule has 2 unspecified atom stereocenters. The third-order valence-electron chi connectivity index (χ3n) is 4.93. The van der Waals surface area contributed by atoms with Gasteiger partial charge in [-0.2, -0.15) is 0 Å². The van der Waals surface area contributed by atoms with Crippen molar-refractivity contribution < 1.29 is 0 Å². The molecule has 1 aliphatic carbocycles. The quantitative estimate of drug-likeness (QED) is 0.358. The van der Waals surface area contributed by atoms with Crippen molar-refractivity contribution in [2.24, 2.45) is 5.92 Å². The summed E-state index contributed by atoms with van der Waals surface area (Å²) in [5.74, 6) is 1.02. The van der Waals surface area contributed by atoms with Crippen LogP contribution in [-0.4, -0.2) is 12.6 Å². The lowest BCUT2D eigenvalue weighted by Gasteiger charge is -2.21. The number of hydrogen-bond donors (Lipinski definition) is 1. The van der Waals surface area contributed by atoms with Crippen LogP contribution in [0, 0.1) is 5.92 Å². The predicted octanol–water partition coefficient (Wildman–Crippen LogP) is 6.08. The first kappa shape index (κ1) is 18.0. The molecule has 0 aromatic carbocycles. The Morgan fingerprint density at radius 3 is 2.25 bits per heavy atom. The van der Waals surface area contributed by atoms with E-state index >= 15 is 0 Å². The molecule has 0 spiro atoms. The van der Waals surface area contributed by atoms with Crippen molar-refractivity contribution in [3.8, 4) is 0 Å². The molecule has 0 bridgehead atoms. The molecular weight excluding hydrogens is 242 g/mol. The van der Waals surface area contributed by atoms with E-state index in [9.17, 15) is 0 Å². The highest BCUT2D eigenvalue weighted by molar-refractivity contribution is 4.76. The van der Waals surface area contributed by atoms with Gasteiger partial charge in [0.2, 0.25) is 0 Å². The van der Waals surface area contributed by atoms with Crippen LogP contribution < -0.4 is 5.32 Å². The molecule has 0 radical (unpaired) electrons. The molecule has 1 fully saturated rings. The van der Waals surface area contributed by atoms with E-state index in [0.717, 1.165) is 12.0 Å². The molecule has 0 aromatic heterocycles. The van der Waals surface area contributed by atoms with Crippen molar-refractivity contribution in [2.75, 3.05) is 6.54 Å². The van der Waals surface area contributed by atoms with Crippen LogP contribution in [-0.2, 0) is 0 Å². The maximum absolute atomic E-state index is 3.77. The molecule has 1 saturated carbocycles. The highest BCUT2D eigenvalue weighted by Crippen LogP contribution is 2.27. The van der Waals surface area contributed by atoms with Gasteiger partial charge in [0.05, 0.1) is 0 Å². The van der Waals surface area contributed by atoms with E-state index in [2.05, 4.69) is 19.2 Å². The molecule has 120 valence electrons. The molecule has 1 nitrogen and oxygen atoms in total. The zero-order valence-corrected chi connectivity index (χ0v) is 14.3. The minimum Gasteiger partial charge on any atom is -0.314 e. The first-order chi connectivity index (χ1) is 9.86. The van der Waals surface area contributed by atoms with Gasteiger partial charge in [0, 0.05) is 6.04 Å². The monoisotopic (exact) mass is 281 g/mol. The van der Waals surface area contributed by atoms with E-state index in [-0.39, 0.29) is 0 Å². The van der Waals surface area contributed by atoms with E-state index < -0.39 is 0 Å². The topological polar surface area (TPSA) is 12.0 Å². The fourth-order valence-corrected chi connectivity index (χ4v) is 3.65. The lowest BCUT2D eigenvalue weighted by atomic mass is 9.92. The van der Waals surface area contributed by atoms with Gasteiger partial charge in [-0.15, -0.1) is 0 Å². The van der Waals surface area contributed by atoms with E-state index in [0.29, 0.717) is 0 Å². The van der Waals surface area contributed by atoms with Crippen LogP contribution in [0.25, 0.3) is 0 Å². The third kappa shape index (κ3) is 9.00. The predicted molar refractivity (Wildman–Crippen MR) is 91.3 cm³/mol. The summed E-state index contributed by atoms with van der Waals surface area (Å²) in [5, 5.41) is 3.77. The molecule has 1 rings (SSSR count). The number of unbranched alkanes of at least 4 members (excludes halogenated alkanes) is 6. The van der Waals surface area contributed by atoms with Crippen LogP contribution in [0.2, 0.25) is 0 Å². The number of hydrogen-bond acceptors (Lipinski definition) is 1. The fraction of sp³-hybridized carbons (Fsp3) is 1.00. The maximum atomic E-state index is 3.77. The normalized spacial score (nSPS) is 23.7. The summed E-state index contributed by atoms with van der Waals surface area (Å²) in [7, 11) is 0. The molecule has 0 aliphatic heterocycles. The van der Waals surface area contributed by atoms with Gasteiger partial charge in [0.1, 0.15) is 0 Å². The molecule has 0 saturated heterocycles. The Morgan fingerprint density at radius 1 is 0.800 bits per heavy atom. The zero-order valence-electron chi connectivity index (χ0n) is 14.3. The summed E-state index contributed by atoms with van der Waals surface area (Å²) in [6.45, 7) is 5.80. The Labute approximate surface area is 128 Å². The van der Waals surface area contributed by atoms with Crippen molar-refractivity contribution in [2.45, 2.75) is 110 Å². The van der Waals surface area contributed by atoms with Gasteiger partial charge in [0.15, 0.2) is 0 Å². The van der Waals surface area contributed by atoms with E-state index in [1.165, 1.54) is 96.4 Å². The summed E-state index contributed by atoms with van der Waals surface area (Å²) in [4.78, 5) is 0. The average molecular weight is 282 g/mol. The van der Waals surface area contributed by atoms with Crippen molar-refractivity contribution in [1.29, 1.82) is 0 Å². The van der Waals surface area contributed by atoms with E-state index in [1.807, 2.05) is 0 Å². The smallest absolute Gasteiger partial charge is 0.00696 e. The zero-order chi connectivity index (χ0) is 14.5. The first-order valence-corrected chi connectivity index (χ1v) is 9.60. The van der Waals surface area contributed by atoms with Gasteiger partial charge < -0.3 is 5.32 Å². The van der Waals surface area contributed by atoms with Crippen LogP contribution in [0.5, 0.6) is 0 Å². The highest BCUT2D eigenvalue weighted by Gasteiger charge is 2.19. The van der Waals surface area contributed by atoms with Crippen LogP contribution in [0.3, 0.4) is 0 Å². The Hall–Kier alpha value is -0.0400. The van der Waals surface area contributed by atoms with E-state index in [1.54, 1.807) is 0 Å².